The Hall–Kier alpha value is -1.62. The predicted molar refractivity (Wildman–Crippen MR) is 73.9 cm³/mol. The summed E-state index contributed by atoms with van der Waals surface area (Å²) >= 11 is 0. The second-order valence-electron chi connectivity index (χ2n) is 5.34. The van der Waals surface area contributed by atoms with E-state index in [2.05, 4.69) is 4.98 Å². The maximum atomic E-state index is 12.5. The third-order valence-electron chi connectivity index (χ3n) is 3.55. The molecule has 2 heterocycles. The molecule has 1 fully saturated rings. The molecule has 0 aliphatic carbocycles. The van der Waals surface area contributed by atoms with E-state index in [0.717, 1.165) is 18.5 Å². The molecule has 0 bridgehead atoms. The average Bonchev–Trinajstić information content (AvgIpc) is 2.85. The van der Waals surface area contributed by atoms with E-state index >= 15 is 0 Å². The molecule has 1 unspecified atom stereocenters. The zero-order chi connectivity index (χ0) is 14.0. The van der Waals surface area contributed by atoms with Gasteiger partial charge in [-0.25, -0.2) is 4.98 Å². The van der Waals surface area contributed by atoms with E-state index in [4.69, 9.17) is 5.73 Å². The smallest absolute Gasteiger partial charge is 0.254 e. The molecule has 0 aromatic carbocycles. The summed E-state index contributed by atoms with van der Waals surface area (Å²) in [5.41, 5.74) is 7.16. The van der Waals surface area contributed by atoms with Gasteiger partial charge < -0.3 is 15.7 Å². The van der Waals surface area contributed by atoms with E-state index in [1.54, 1.807) is 17.0 Å². The van der Waals surface area contributed by atoms with Crippen LogP contribution < -0.4 is 5.73 Å². The van der Waals surface area contributed by atoms with Gasteiger partial charge in [0.05, 0.1) is 12.6 Å². The van der Waals surface area contributed by atoms with Crippen molar-refractivity contribution in [3.05, 3.63) is 23.4 Å². The predicted octanol–water partition coefficient (Wildman–Crippen LogP) is 1.38. The molecule has 0 saturated carbocycles. The Bertz CT molecular complexity index is 474. The van der Waals surface area contributed by atoms with Crippen LogP contribution in [-0.4, -0.2) is 40.1 Å². The molecule has 1 aliphatic rings. The van der Waals surface area contributed by atoms with Crippen LogP contribution in [0.3, 0.4) is 0 Å². The first-order valence-corrected chi connectivity index (χ1v) is 6.72. The standard InChI is InChI=1S/C14H21N3O2/c1-9(2)12-6-10(7-13(15)16-12)14(19)17-5-3-4-11(17)8-18/h6-7,9,11,18H,3-5,8H2,1-2H3,(H2,15,16). The van der Waals surface area contributed by atoms with Gasteiger partial charge in [-0.1, -0.05) is 13.8 Å². The molecule has 1 amide bonds. The largest absolute Gasteiger partial charge is 0.394 e. The minimum Gasteiger partial charge on any atom is -0.394 e. The Labute approximate surface area is 113 Å². The van der Waals surface area contributed by atoms with Gasteiger partial charge in [0.15, 0.2) is 0 Å². The zero-order valence-electron chi connectivity index (χ0n) is 11.5. The number of hydrogen-bond donors (Lipinski definition) is 2. The average molecular weight is 263 g/mol. The molecule has 1 aliphatic heterocycles. The molecular weight excluding hydrogens is 242 g/mol. The number of nitrogens with two attached hydrogens (primary N) is 1. The lowest BCUT2D eigenvalue weighted by molar-refractivity contribution is 0.0677. The molecule has 2 rings (SSSR count). The highest BCUT2D eigenvalue weighted by molar-refractivity contribution is 5.95. The van der Waals surface area contributed by atoms with Crippen molar-refractivity contribution in [3.63, 3.8) is 0 Å². The summed E-state index contributed by atoms with van der Waals surface area (Å²) in [6.07, 6.45) is 1.80. The van der Waals surface area contributed by atoms with Crippen molar-refractivity contribution in [1.82, 2.24) is 9.88 Å². The Morgan fingerprint density at radius 1 is 1.58 bits per heavy atom. The maximum absolute atomic E-state index is 12.5. The number of rotatable bonds is 3. The van der Waals surface area contributed by atoms with E-state index in [0.29, 0.717) is 17.9 Å². The van der Waals surface area contributed by atoms with Gasteiger partial charge in [0.25, 0.3) is 5.91 Å². The zero-order valence-corrected chi connectivity index (χ0v) is 11.5. The molecule has 1 atom stereocenters. The fraction of sp³-hybridized carbons (Fsp3) is 0.571. The van der Waals surface area contributed by atoms with Crippen LogP contribution >= 0.6 is 0 Å². The number of carbonyl (C=O) groups excluding carboxylic acids is 1. The van der Waals surface area contributed by atoms with Crippen LogP contribution in [0, 0.1) is 0 Å². The molecule has 3 N–H and O–H groups in total. The fourth-order valence-electron chi connectivity index (χ4n) is 2.45. The number of nitrogens with zero attached hydrogens (tertiary/aromatic N) is 2. The topological polar surface area (TPSA) is 79.5 Å². The molecule has 19 heavy (non-hydrogen) atoms. The number of carbonyl (C=O) groups is 1. The number of anilines is 1. The molecule has 1 aromatic rings. The number of aliphatic hydroxyl groups is 1. The Balaban J connectivity index is 2.28. The lowest BCUT2D eigenvalue weighted by Gasteiger charge is -2.23. The molecule has 5 heteroatoms. The van der Waals surface area contributed by atoms with Crippen molar-refractivity contribution in [1.29, 1.82) is 0 Å². The number of pyridine rings is 1. The summed E-state index contributed by atoms with van der Waals surface area (Å²) in [7, 11) is 0. The van der Waals surface area contributed by atoms with Crippen molar-refractivity contribution in [3.8, 4) is 0 Å². The molecule has 1 aromatic heterocycles. The van der Waals surface area contributed by atoms with Crippen LogP contribution in [0.2, 0.25) is 0 Å². The highest BCUT2D eigenvalue weighted by Gasteiger charge is 2.29. The molecule has 1 saturated heterocycles. The number of amides is 1. The first-order valence-electron chi connectivity index (χ1n) is 6.72. The van der Waals surface area contributed by atoms with Crippen LogP contribution in [0.4, 0.5) is 5.82 Å². The van der Waals surface area contributed by atoms with E-state index in [-0.39, 0.29) is 24.5 Å². The molecule has 104 valence electrons. The third-order valence-corrected chi connectivity index (χ3v) is 3.55. The second kappa shape index (κ2) is 5.57. The number of nitrogen functional groups attached to an aromatic ring is 1. The second-order valence-corrected chi connectivity index (χ2v) is 5.34. The van der Waals surface area contributed by atoms with Crippen molar-refractivity contribution >= 4 is 11.7 Å². The van der Waals surface area contributed by atoms with Crippen molar-refractivity contribution < 1.29 is 9.90 Å². The lowest BCUT2D eigenvalue weighted by atomic mass is 10.1. The Morgan fingerprint density at radius 2 is 2.32 bits per heavy atom. The molecule has 0 spiro atoms. The van der Waals surface area contributed by atoms with Gasteiger partial charge >= 0.3 is 0 Å². The quantitative estimate of drug-likeness (QED) is 0.863. The van der Waals surface area contributed by atoms with Gasteiger partial charge in [-0.15, -0.1) is 0 Å². The van der Waals surface area contributed by atoms with Crippen molar-refractivity contribution in [2.45, 2.75) is 38.6 Å². The Morgan fingerprint density at radius 3 is 2.95 bits per heavy atom. The number of likely N-dealkylation sites (tertiary alicyclic amines) is 1. The maximum Gasteiger partial charge on any atom is 0.254 e. The lowest BCUT2D eigenvalue weighted by Crippen LogP contribution is -2.37. The van der Waals surface area contributed by atoms with Gasteiger partial charge in [-0.3, -0.25) is 4.79 Å². The van der Waals surface area contributed by atoms with Crippen LogP contribution in [0.25, 0.3) is 0 Å². The Kier molecular flexibility index (Phi) is 4.04. The molecule has 0 radical (unpaired) electrons. The monoisotopic (exact) mass is 263 g/mol. The summed E-state index contributed by atoms with van der Waals surface area (Å²) < 4.78 is 0. The van der Waals surface area contributed by atoms with E-state index in [1.165, 1.54) is 0 Å². The van der Waals surface area contributed by atoms with Crippen LogP contribution in [0.1, 0.15) is 48.7 Å². The summed E-state index contributed by atoms with van der Waals surface area (Å²) in [5, 5.41) is 9.30. The highest BCUT2D eigenvalue weighted by Crippen LogP contribution is 2.22. The summed E-state index contributed by atoms with van der Waals surface area (Å²) in [4.78, 5) is 18.4. The number of hydrogen-bond acceptors (Lipinski definition) is 4. The first kappa shape index (κ1) is 13.8. The van der Waals surface area contributed by atoms with Gasteiger partial charge in [0.1, 0.15) is 5.82 Å². The minimum atomic E-state index is -0.0654. The summed E-state index contributed by atoms with van der Waals surface area (Å²) in [6, 6.07) is 3.35. The highest BCUT2D eigenvalue weighted by atomic mass is 16.3. The van der Waals surface area contributed by atoms with Gasteiger partial charge in [0, 0.05) is 17.8 Å². The fourth-order valence-corrected chi connectivity index (χ4v) is 2.45. The van der Waals surface area contributed by atoms with E-state index in [9.17, 15) is 9.90 Å². The van der Waals surface area contributed by atoms with Crippen LogP contribution in [0.5, 0.6) is 0 Å². The third kappa shape index (κ3) is 2.87. The molecule has 5 nitrogen and oxygen atoms in total. The van der Waals surface area contributed by atoms with Crippen LogP contribution in [0.15, 0.2) is 12.1 Å². The van der Waals surface area contributed by atoms with E-state index < -0.39 is 0 Å². The summed E-state index contributed by atoms with van der Waals surface area (Å²) in [6.45, 7) is 4.75. The van der Waals surface area contributed by atoms with Crippen molar-refractivity contribution in [2.75, 3.05) is 18.9 Å². The van der Waals surface area contributed by atoms with Gasteiger partial charge in [-0.05, 0) is 30.9 Å². The van der Waals surface area contributed by atoms with E-state index in [1.807, 2.05) is 13.8 Å². The SMILES string of the molecule is CC(C)c1cc(C(=O)N2CCCC2CO)cc(N)n1. The van der Waals surface area contributed by atoms with Gasteiger partial charge in [-0.2, -0.15) is 0 Å². The first-order chi connectivity index (χ1) is 9.02. The van der Waals surface area contributed by atoms with Crippen LogP contribution in [-0.2, 0) is 0 Å². The summed E-state index contributed by atoms with van der Waals surface area (Å²) in [5.74, 6) is 0.532. The molecular formula is C14H21N3O2. The number of aromatic nitrogens is 1. The number of aliphatic hydroxyl groups excluding tert-OH is 1. The normalized spacial score (nSPS) is 19.2. The minimum absolute atomic E-state index is 0.0172. The van der Waals surface area contributed by atoms with Gasteiger partial charge in [0.2, 0.25) is 0 Å². The van der Waals surface area contributed by atoms with Crippen molar-refractivity contribution in [2.24, 2.45) is 0 Å².